The second kappa shape index (κ2) is 11.2. The summed E-state index contributed by atoms with van der Waals surface area (Å²) in [5, 5.41) is 14.7. The molecule has 0 aliphatic carbocycles. The van der Waals surface area contributed by atoms with Crippen LogP contribution < -0.4 is 15.4 Å². The van der Waals surface area contributed by atoms with Gasteiger partial charge in [-0.3, -0.25) is 0 Å². The first-order chi connectivity index (χ1) is 12.0. The molecule has 0 saturated heterocycles. The van der Waals surface area contributed by atoms with Crippen LogP contribution in [-0.4, -0.2) is 34.4 Å². The first-order valence-corrected chi connectivity index (χ1v) is 8.64. The molecule has 0 saturated carbocycles. The maximum absolute atomic E-state index is 5.39. The number of aryl methyl sites for hydroxylation is 1. The molecule has 1 aromatic heterocycles. The van der Waals surface area contributed by atoms with E-state index in [1.54, 1.807) is 13.2 Å². The molecule has 0 amide bonds. The quantitative estimate of drug-likeness (QED) is 0.247. The fourth-order valence-electron chi connectivity index (χ4n) is 2.15. The molecule has 26 heavy (non-hydrogen) atoms. The number of aliphatic imine (C=N–C) groups is 1. The predicted octanol–water partition coefficient (Wildman–Crippen LogP) is 2.93. The normalized spacial score (nSPS) is 10.8. The van der Waals surface area contributed by atoms with Gasteiger partial charge in [0.05, 0.1) is 20.2 Å². The summed E-state index contributed by atoms with van der Waals surface area (Å²) in [6.45, 7) is 7.26. The van der Waals surface area contributed by atoms with Gasteiger partial charge in [-0.2, -0.15) is 0 Å². The minimum absolute atomic E-state index is 0. The zero-order valence-corrected chi connectivity index (χ0v) is 19.0. The fourth-order valence-corrected chi connectivity index (χ4v) is 2.55. The van der Waals surface area contributed by atoms with Gasteiger partial charge in [-0.25, -0.2) is 4.99 Å². The Morgan fingerprint density at radius 3 is 2.77 bits per heavy atom. The van der Waals surface area contributed by atoms with Crippen LogP contribution in [0.1, 0.15) is 17.2 Å². The average Bonchev–Trinajstić information content (AvgIpc) is 2.93. The highest BCUT2D eigenvalue weighted by Gasteiger charge is 2.07. The van der Waals surface area contributed by atoms with Crippen molar-refractivity contribution >= 4 is 45.9 Å². The van der Waals surface area contributed by atoms with Crippen LogP contribution in [0.15, 0.2) is 40.3 Å². The molecule has 2 aromatic rings. The lowest BCUT2D eigenvalue weighted by molar-refractivity contribution is 0.409. The van der Waals surface area contributed by atoms with Gasteiger partial charge in [-0.1, -0.05) is 22.0 Å². The van der Waals surface area contributed by atoms with Crippen molar-refractivity contribution in [1.29, 1.82) is 0 Å². The average molecular weight is 535 g/mol. The number of halogens is 2. The van der Waals surface area contributed by atoms with E-state index in [-0.39, 0.29) is 24.0 Å². The van der Waals surface area contributed by atoms with E-state index in [9.17, 15) is 0 Å². The Bertz CT molecular complexity index is 762. The van der Waals surface area contributed by atoms with E-state index < -0.39 is 0 Å². The zero-order valence-electron chi connectivity index (χ0n) is 15.1. The molecule has 1 heterocycles. The van der Waals surface area contributed by atoms with Crippen LogP contribution in [0.3, 0.4) is 0 Å². The van der Waals surface area contributed by atoms with Crippen molar-refractivity contribution in [2.24, 2.45) is 12.0 Å². The van der Waals surface area contributed by atoms with E-state index >= 15 is 0 Å². The standard InChI is InChI=1S/C17H23BrN6O.HI/c1-5-8-19-17(21-11-16-23-22-12(2)24(16)3)20-10-13-9-14(18)6-7-15(13)25-4;/h5-7,9H,1,8,10-11H2,2-4H3,(H2,19,20,21);1H. The second-order valence-electron chi connectivity index (χ2n) is 5.37. The summed E-state index contributed by atoms with van der Waals surface area (Å²) in [5.41, 5.74) is 0.992. The van der Waals surface area contributed by atoms with Gasteiger partial charge >= 0.3 is 0 Å². The van der Waals surface area contributed by atoms with E-state index in [1.807, 2.05) is 36.7 Å². The van der Waals surface area contributed by atoms with E-state index in [2.05, 4.69) is 48.3 Å². The van der Waals surface area contributed by atoms with Crippen molar-refractivity contribution in [2.45, 2.75) is 20.0 Å². The number of ether oxygens (including phenoxy) is 1. The highest BCUT2D eigenvalue weighted by atomic mass is 127. The van der Waals surface area contributed by atoms with Crippen molar-refractivity contribution in [3.8, 4) is 5.75 Å². The molecule has 0 unspecified atom stereocenters. The highest BCUT2D eigenvalue weighted by molar-refractivity contribution is 14.0. The summed E-state index contributed by atoms with van der Waals surface area (Å²) in [6.07, 6.45) is 1.78. The first-order valence-electron chi connectivity index (χ1n) is 7.85. The number of aromatic nitrogens is 3. The van der Waals surface area contributed by atoms with Crippen LogP contribution in [0.4, 0.5) is 0 Å². The third-order valence-electron chi connectivity index (χ3n) is 3.66. The van der Waals surface area contributed by atoms with Crippen molar-refractivity contribution in [2.75, 3.05) is 13.7 Å². The van der Waals surface area contributed by atoms with Crippen molar-refractivity contribution < 1.29 is 4.74 Å². The molecule has 0 aliphatic heterocycles. The van der Waals surface area contributed by atoms with Crippen LogP contribution in [0.2, 0.25) is 0 Å². The monoisotopic (exact) mass is 534 g/mol. The number of nitrogens with zero attached hydrogens (tertiary/aromatic N) is 4. The molecule has 0 spiro atoms. The number of benzene rings is 1. The van der Waals surface area contributed by atoms with Gasteiger partial charge in [0.2, 0.25) is 0 Å². The second-order valence-corrected chi connectivity index (χ2v) is 6.28. The Morgan fingerprint density at radius 1 is 1.38 bits per heavy atom. The third kappa shape index (κ3) is 6.27. The van der Waals surface area contributed by atoms with Crippen molar-refractivity contribution in [1.82, 2.24) is 25.4 Å². The summed E-state index contributed by atoms with van der Waals surface area (Å²) >= 11 is 3.48. The van der Waals surface area contributed by atoms with Crippen LogP contribution in [0.25, 0.3) is 0 Å². The maximum atomic E-state index is 5.39. The minimum Gasteiger partial charge on any atom is -0.496 e. The summed E-state index contributed by atoms with van der Waals surface area (Å²) in [5.74, 6) is 3.18. The Morgan fingerprint density at radius 2 is 2.15 bits per heavy atom. The first kappa shape index (κ1) is 22.4. The zero-order chi connectivity index (χ0) is 18.2. The van der Waals surface area contributed by atoms with Crippen LogP contribution >= 0.6 is 39.9 Å². The summed E-state index contributed by atoms with van der Waals surface area (Å²) in [7, 11) is 3.59. The minimum atomic E-state index is 0. The van der Waals surface area contributed by atoms with Crippen LogP contribution in [0.5, 0.6) is 5.75 Å². The van der Waals surface area contributed by atoms with Gasteiger partial charge in [-0.15, -0.1) is 40.8 Å². The molecule has 7 nitrogen and oxygen atoms in total. The van der Waals surface area contributed by atoms with Gasteiger partial charge in [0.15, 0.2) is 11.8 Å². The van der Waals surface area contributed by atoms with E-state index in [1.165, 1.54) is 0 Å². The lowest BCUT2D eigenvalue weighted by atomic mass is 10.2. The van der Waals surface area contributed by atoms with Crippen molar-refractivity contribution in [3.05, 3.63) is 52.5 Å². The highest BCUT2D eigenvalue weighted by Crippen LogP contribution is 2.23. The molecule has 0 atom stereocenters. The van der Waals surface area contributed by atoms with E-state index in [0.717, 1.165) is 27.4 Å². The van der Waals surface area contributed by atoms with Crippen LogP contribution in [0, 0.1) is 6.92 Å². The number of rotatable bonds is 7. The molecular weight excluding hydrogens is 511 g/mol. The Balaban J connectivity index is 0.00000338. The van der Waals surface area contributed by atoms with Gasteiger partial charge in [0.25, 0.3) is 0 Å². The Hall–Kier alpha value is -1.62. The molecule has 0 fully saturated rings. The predicted molar refractivity (Wildman–Crippen MR) is 118 cm³/mol. The van der Waals surface area contributed by atoms with E-state index in [0.29, 0.717) is 25.6 Å². The van der Waals surface area contributed by atoms with Gasteiger partial charge in [-0.05, 0) is 25.1 Å². The largest absolute Gasteiger partial charge is 0.496 e. The van der Waals surface area contributed by atoms with Gasteiger partial charge in [0, 0.05) is 23.6 Å². The molecule has 2 rings (SSSR count). The molecule has 1 aromatic carbocycles. The van der Waals surface area contributed by atoms with Gasteiger partial charge < -0.3 is 19.9 Å². The lowest BCUT2D eigenvalue weighted by Crippen LogP contribution is -2.37. The van der Waals surface area contributed by atoms with E-state index in [4.69, 9.17) is 4.74 Å². The number of methoxy groups -OCH3 is 1. The summed E-state index contributed by atoms with van der Waals surface area (Å²) in [6, 6.07) is 5.86. The molecule has 0 radical (unpaired) electrons. The summed E-state index contributed by atoms with van der Waals surface area (Å²) in [4.78, 5) is 4.62. The molecule has 142 valence electrons. The molecule has 0 bridgehead atoms. The SMILES string of the molecule is C=CCNC(=NCc1cc(Br)ccc1OC)NCc1nnc(C)n1C.I. The van der Waals surface area contributed by atoms with Crippen molar-refractivity contribution in [3.63, 3.8) is 0 Å². The smallest absolute Gasteiger partial charge is 0.192 e. The maximum Gasteiger partial charge on any atom is 0.192 e. The topological polar surface area (TPSA) is 76.4 Å². The fraction of sp³-hybridized carbons (Fsp3) is 0.353. The van der Waals surface area contributed by atoms with Gasteiger partial charge in [0.1, 0.15) is 11.6 Å². The lowest BCUT2D eigenvalue weighted by Gasteiger charge is -2.12. The number of nitrogens with one attached hydrogen (secondary N) is 2. The number of hydrogen-bond acceptors (Lipinski definition) is 4. The Labute approximate surface area is 179 Å². The van der Waals surface area contributed by atoms with Crippen LogP contribution in [-0.2, 0) is 20.1 Å². The molecule has 0 aliphatic rings. The molecule has 2 N–H and O–H groups in total. The summed E-state index contributed by atoms with van der Waals surface area (Å²) < 4.78 is 8.32. The third-order valence-corrected chi connectivity index (χ3v) is 4.15. The molecule has 9 heteroatoms. The molecular formula is C17H24BrIN6O. The number of guanidine groups is 1. The number of hydrogen-bond donors (Lipinski definition) is 2. The Kier molecular flexibility index (Phi) is 9.63.